The maximum Gasteiger partial charge on any atom is 0.348 e. The number of methoxy groups -OCH3 is 1. The Morgan fingerprint density at radius 2 is 1.97 bits per heavy atom. The Labute approximate surface area is 202 Å². The standard InChI is InChI=1S/C21H22FN7O7/c1-35-12(14(30)15(22)29-9-26-13-16(24)27-20(25)28-17(13)29)8-36-21(18(31)32,19(33)34)6-10-3-2-4-11(5-10)7-23/h2-5,9,12,14-15,30H,6,8H2,1H3,(H,31,32)(H,33,34)(H4,24,25,27,28)/t12-,14-,15-/m1/s1. The predicted molar refractivity (Wildman–Crippen MR) is 120 cm³/mol. The van der Waals surface area contributed by atoms with Crippen LogP contribution in [0.25, 0.3) is 11.2 Å². The highest BCUT2D eigenvalue weighted by atomic mass is 19.1. The third-order valence-corrected chi connectivity index (χ3v) is 5.39. The molecule has 0 aliphatic heterocycles. The van der Waals surface area contributed by atoms with Gasteiger partial charge >= 0.3 is 11.9 Å². The summed E-state index contributed by atoms with van der Waals surface area (Å²) in [6.07, 6.45) is -5.45. The number of alkyl halides is 1. The summed E-state index contributed by atoms with van der Waals surface area (Å²) in [4.78, 5) is 35.5. The van der Waals surface area contributed by atoms with Crippen molar-refractivity contribution in [2.45, 2.75) is 30.5 Å². The summed E-state index contributed by atoms with van der Waals surface area (Å²) in [5, 5.41) is 39.1. The van der Waals surface area contributed by atoms with E-state index < -0.39 is 49.1 Å². The fourth-order valence-electron chi connectivity index (χ4n) is 3.46. The van der Waals surface area contributed by atoms with E-state index >= 15 is 4.39 Å². The lowest BCUT2D eigenvalue weighted by molar-refractivity contribution is -0.192. The average Bonchev–Trinajstić information content (AvgIpc) is 3.26. The van der Waals surface area contributed by atoms with Crippen LogP contribution in [0.2, 0.25) is 0 Å². The smallest absolute Gasteiger partial charge is 0.348 e. The second-order valence-corrected chi connectivity index (χ2v) is 7.67. The third-order valence-electron chi connectivity index (χ3n) is 5.39. The van der Waals surface area contributed by atoms with Crippen molar-refractivity contribution in [3.05, 3.63) is 41.7 Å². The van der Waals surface area contributed by atoms with E-state index in [9.17, 15) is 24.9 Å². The number of rotatable bonds is 11. The van der Waals surface area contributed by atoms with E-state index in [1.54, 1.807) is 0 Å². The Morgan fingerprint density at radius 1 is 1.28 bits per heavy atom. The van der Waals surface area contributed by atoms with E-state index in [1.807, 2.05) is 6.07 Å². The second-order valence-electron chi connectivity index (χ2n) is 7.67. The molecule has 3 atom stereocenters. The van der Waals surface area contributed by atoms with Crippen molar-refractivity contribution >= 4 is 34.9 Å². The van der Waals surface area contributed by atoms with Gasteiger partial charge in [0.2, 0.25) is 12.2 Å². The number of halogens is 1. The summed E-state index contributed by atoms with van der Waals surface area (Å²) in [7, 11) is 1.09. The number of ether oxygens (including phenoxy) is 2. The van der Waals surface area contributed by atoms with Gasteiger partial charge in [-0.15, -0.1) is 0 Å². The number of aliphatic carboxylic acids is 2. The number of aliphatic hydroxyl groups is 1. The van der Waals surface area contributed by atoms with Crippen LogP contribution in [-0.4, -0.2) is 78.3 Å². The summed E-state index contributed by atoms with van der Waals surface area (Å²) < 4.78 is 26.5. The molecule has 0 radical (unpaired) electrons. The number of carboxylic acid groups (broad SMARTS) is 2. The van der Waals surface area contributed by atoms with E-state index in [1.165, 1.54) is 24.3 Å². The Hall–Kier alpha value is -4.39. The van der Waals surface area contributed by atoms with Gasteiger partial charge in [-0.25, -0.2) is 19.0 Å². The van der Waals surface area contributed by atoms with E-state index in [2.05, 4.69) is 15.0 Å². The largest absolute Gasteiger partial charge is 0.479 e. The molecule has 0 spiro atoms. The number of nitrogens with zero attached hydrogens (tertiary/aromatic N) is 5. The lowest BCUT2D eigenvalue weighted by Gasteiger charge is -2.30. The van der Waals surface area contributed by atoms with E-state index in [0.717, 1.165) is 18.0 Å². The highest BCUT2D eigenvalue weighted by Crippen LogP contribution is 2.27. The van der Waals surface area contributed by atoms with Crippen LogP contribution in [-0.2, 0) is 25.5 Å². The first-order valence-electron chi connectivity index (χ1n) is 10.2. The number of nitrogen functional groups attached to an aromatic ring is 2. The quantitative estimate of drug-likeness (QED) is 0.215. The number of nitriles is 1. The Kier molecular flexibility index (Phi) is 7.63. The fraction of sp³-hybridized carbons (Fsp3) is 0.333. The first kappa shape index (κ1) is 26.2. The molecule has 0 saturated heterocycles. The number of carbonyl (C=O) groups is 2. The first-order chi connectivity index (χ1) is 17.0. The predicted octanol–water partition coefficient (Wildman–Crippen LogP) is -0.126. The molecule has 2 heterocycles. The minimum absolute atomic E-state index is 0.0274. The number of fused-ring (bicyclic) bond motifs is 1. The van der Waals surface area contributed by atoms with Crippen LogP contribution in [0, 0.1) is 11.3 Å². The second kappa shape index (κ2) is 10.5. The van der Waals surface area contributed by atoms with Gasteiger partial charge in [0, 0.05) is 13.5 Å². The number of aliphatic hydroxyl groups excluding tert-OH is 1. The van der Waals surface area contributed by atoms with Crippen molar-refractivity contribution in [3.63, 3.8) is 0 Å². The van der Waals surface area contributed by atoms with E-state index in [4.69, 9.17) is 26.2 Å². The summed E-state index contributed by atoms with van der Waals surface area (Å²) >= 11 is 0. The number of hydrogen-bond donors (Lipinski definition) is 5. The summed E-state index contributed by atoms with van der Waals surface area (Å²) in [5.41, 5.74) is 8.70. The number of carboxylic acids is 2. The molecule has 3 aromatic rings. The lowest BCUT2D eigenvalue weighted by Crippen LogP contribution is -2.53. The molecule has 2 aromatic heterocycles. The molecule has 15 heteroatoms. The Bertz CT molecular complexity index is 1310. The molecule has 0 bridgehead atoms. The minimum atomic E-state index is -2.83. The van der Waals surface area contributed by atoms with Crippen LogP contribution in [0.1, 0.15) is 17.4 Å². The van der Waals surface area contributed by atoms with Crippen LogP contribution in [0.4, 0.5) is 16.2 Å². The van der Waals surface area contributed by atoms with Gasteiger partial charge in [0.15, 0.2) is 11.5 Å². The number of hydrogen-bond acceptors (Lipinski definition) is 11. The topological polar surface area (TPSA) is 233 Å². The normalized spacial score (nSPS) is 14.2. The van der Waals surface area contributed by atoms with Crippen molar-refractivity contribution in [1.29, 1.82) is 5.26 Å². The highest BCUT2D eigenvalue weighted by molar-refractivity contribution is 6.02. The van der Waals surface area contributed by atoms with Gasteiger partial charge in [0.1, 0.15) is 17.7 Å². The van der Waals surface area contributed by atoms with E-state index in [0.29, 0.717) is 0 Å². The number of benzene rings is 1. The van der Waals surface area contributed by atoms with Gasteiger partial charge in [-0.1, -0.05) is 12.1 Å². The van der Waals surface area contributed by atoms with Crippen molar-refractivity contribution in [2.24, 2.45) is 0 Å². The number of imidazole rings is 1. The highest BCUT2D eigenvalue weighted by Gasteiger charge is 2.49. The summed E-state index contributed by atoms with van der Waals surface area (Å²) in [5.74, 6) is -4.07. The van der Waals surface area contributed by atoms with E-state index in [-0.39, 0.29) is 34.1 Å². The number of aromatic nitrogens is 4. The van der Waals surface area contributed by atoms with Crippen LogP contribution in [0.15, 0.2) is 30.6 Å². The molecular formula is C21H22FN7O7. The van der Waals surface area contributed by atoms with Gasteiger partial charge in [0.05, 0.1) is 24.6 Å². The molecule has 1 aromatic carbocycles. The van der Waals surface area contributed by atoms with Gasteiger partial charge < -0.3 is 36.3 Å². The maximum atomic E-state index is 15.3. The lowest BCUT2D eigenvalue weighted by atomic mass is 9.93. The summed E-state index contributed by atoms with van der Waals surface area (Å²) in [6, 6.07) is 7.52. The van der Waals surface area contributed by atoms with Gasteiger partial charge in [-0.3, -0.25) is 4.57 Å². The van der Waals surface area contributed by atoms with Gasteiger partial charge in [0.25, 0.3) is 5.60 Å². The third kappa shape index (κ3) is 5.00. The number of nitrogens with two attached hydrogens (primary N) is 2. The molecule has 7 N–H and O–H groups in total. The van der Waals surface area contributed by atoms with Crippen molar-refractivity contribution in [2.75, 3.05) is 25.2 Å². The van der Waals surface area contributed by atoms with Gasteiger partial charge in [-0.05, 0) is 17.7 Å². The maximum absolute atomic E-state index is 15.3. The van der Waals surface area contributed by atoms with Gasteiger partial charge in [-0.2, -0.15) is 15.2 Å². The molecule has 0 aliphatic carbocycles. The van der Waals surface area contributed by atoms with Crippen LogP contribution in [0.3, 0.4) is 0 Å². The molecule has 0 amide bonds. The van der Waals surface area contributed by atoms with Crippen LogP contribution in [0.5, 0.6) is 0 Å². The molecule has 0 unspecified atom stereocenters. The fourth-order valence-corrected chi connectivity index (χ4v) is 3.46. The molecule has 3 rings (SSSR count). The summed E-state index contributed by atoms with van der Waals surface area (Å²) in [6.45, 7) is -0.833. The van der Waals surface area contributed by atoms with Crippen molar-refractivity contribution in [1.82, 2.24) is 19.5 Å². The minimum Gasteiger partial charge on any atom is -0.479 e. The van der Waals surface area contributed by atoms with Crippen LogP contribution >= 0.6 is 0 Å². The zero-order valence-electron chi connectivity index (χ0n) is 18.8. The number of anilines is 2. The average molecular weight is 503 g/mol. The van der Waals surface area contributed by atoms with Crippen molar-refractivity contribution < 1.29 is 38.8 Å². The molecule has 0 saturated carbocycles. The zero-order chi connectivity index (χ0) is 26.6. The molecule has 0 aliphatic rings. The Morgan fingerprint density at radius 3 is 2.58 bits per heavy atom. The first-order valence-corrected chi connectivity index (χ1v) is 10.2. The zero-order valence-corrected chi connectivity index (χ0v) is 18.8. The SMILES string of the molecule is CO[C@H](COC(Cc1cccc(C#N)c1)(C(=O)O)C(=O)O)[C@@H](O)[C@H](F)n1cnc2c(N)nc(N)nc21. The molecule has 36 heavy (non-hydrogen) atoms. The van der Waals surface area contributed by atoms with Crippen molar-refractivity contribution in [3.8, 4) is 6.07 Å². The van der Waals surface area contributed by atoms with Crippen LogP contribution < -0.4 is 11.5 Å². The molecule has 190 valence electrons. The molecular weight excluding hydrogens is 481 g/mol. The molecule has 0 fully saturated rings. The Balaban J connectivity index is 1.85. The monoisotopic (exact) mass is 503 g/mol. The molecule has 14 nitrogen and oxygen atoms in total.